The number of methoxy groups -OCH3 is 2. The lowest BCUT2D eigenvalue weighted by molar-refractivity contribution is 0.353. The third kappa shape index (κ3) is 5.24. The van der Waals surface area contributed by atoms with Crippen LogP contribution in [-0.2, 0) is 10.0 Å². The van der Waals surface area contributed by atoms with E-state index < -0.39 is 15.6 Å². The minimum atomic E-state index is -3.63. The summed E-state index contributed by atoms with van der Waals surface area (Å²) < 4.78 is 38.0. The molecule has 0 heterocycles. The molecule has 1 aromatic rings. The number of nitrogens with two attached hydrogens (primary N) is 1. The summed E-state index contributed by atoms with van der Waals surface area (Å²) in [4.78, 5) is 0.146. The quantitative estimate of drug-likeness (QED) is 0.742. The van der Waals surface area contributed by atoms with Crippen molar-refractivity contribution in [2.75, 3.05) is 20.8 Å². The van der Waals surface area contributed by atoms with Gasteiger partial charge >= 0.3 is 0 Å². The monoisotopic (exact) mass is 378 g/mol. The lowest BCUT2D eigenvalue weighted by Gasteiger charge is -2.28. The van der Waals surface area contributed by atoms with Crippen molar-refractivity contribution in [3.63, 3.8) is 0 Å². The van der Waals surface area contributed by atoms with Crippen molar-refractivity contribution >= 4 is 22.4 Å². The maximum absolute atomic E-state index is 12.5. The van der Waals surface area contributed by atoms with Gasteiger partial charge in [-0.3, -0.25) is 0 Å². The highest BCUT2D eigenvalue weighted by molar-refractivity contribution is 7.89. The molecule has 1 saturated carbocycles. The second kappa shape index (κ2) is 8.89. The van der Waals surface area contributed by atoms with E-state index in [1.165, 1.54) is 39.2 Å². The predicted molar refractivity (Wildman–Crippen MR) is 96.6 cm³/mol. The summed E-state index contributed by atoms with van der Waals surface area (Å²) in [6, 6.07) is 4.54. The van der Waals surface area contributed by atoms with Crippen LogP contribution in [0.4, 0.5) is 0 Å². The van der Waals surface area contributed by atoms with Crippen LogP contribution in [0, 0.1) is 0 Å². The average molecular weight is 379 g/mol. The Kier molecular flexibility index (Phi) is 7.79. The van der Waals surface area contributed by atoms with Gasteiger partial charge in [-0.15, -0.1) is 12.4 Å². The van der Waals surface area contributed by atoms with Gasteiger partial charge in [-0.25, -0.2) is 13.1 Å². The topological polar surface area (TPSA) is 90.7 Å². The number of benzene rings is 1. The van der Waals surface area contributed by atoms with Gasteiger partial charge in [0.05, 0.1) is 19.1 Å². The molecule has 1 aliphatic carbocycles. The first-order valence-electron chi connectivity index (χ1n) is 7.91. The Morgan fingerprint density at radius 3 is 2.21 bits per heavy atom. The van der Waals surface area contributed by atoms with Gasteiger partial charge in [0.25, 0.3) is 0 Å². The Balaban J connectivity index is 0.00000288. The molecule has 0 amide bonds. The maximum atomic E-state index is 12.5. The van der Waals surface area contributed by atoms with Gasteiger partial charge in [0.15, 0.2) is 11.5 Å². The molecule has 0 saturated heterocycles. The number of ether oxygens (including phenoxy) is 2. The summed E-state index contributed by atoms with van der Waals surface area (Å²) in [5, 5.41) is 0. The first-order chi connectivity index (χ1) is 10.9. The van der Waals surface area contributed by atoms with E-state index in [2.05, 4.69) is 4.72 Å². The van der Waals surface area contributed by atoms with Crippen molar-refractivity contribution in [3.05, 3.63) is 18.2 Å². The highest BCUT2D eigenvalue weighted by Crippen LogP contribution is 2.30. The van der Waals surface area contributed by atoms with Crippen LogP contribution in [0.15, 0.2) is 23.1 Å². The molecule has 1 aromatic carbocycles. The van der Waals surface area contributed by atoms with Crippen molar-refractivity contribution in [2.24, 2.45) is 5.73 Å². The van der Waals surface area contributed by atoms with E-state index in [9.17, 15) is 8.42 Å². The first kappa shape index (κ1) is 21.0. The molecule has 6 nitrogen and oxygen atoms in total. The van der Waals surface area contributed by atoms with Crippen molar-refractivity contribution in [1.29, 1.82) is 0 Å². The van der Waals surface area contributed by atoms with Crippen LogP contribution in [0.5, 0.6) is 11.5 Å². The molecule has 0 aliphatic heterocycles. The molecular weight excluding hydrogens is 352 g/mol. The van der Waals surface area contributed by atoms with E-state index in [0.29, 0.717) is 11.5 Å². The first-order valence-corrected chi connectivity index (χ1v) is 9.39. The highest BCUT2D eigenvalue weighted by atomic mass is 35.5. The molecule has 1 aliphatic rings. The number of nitrogens with one attached hydrogen (secondary N) is 1. The molecule has 24 heavy (non-hydrogen) atoms. The standard InChI is InChI=1S/C16H26N2O4S.ClH/c1-21-14-8-7-13(11-15(14)22-2)23(19,20)18-12-16(17)9-5-3-4-6-10-16;/h7-8,11,18H,3-6,9-10,12,17H2,1-2H3;1H. The number of rotatable bonds is 6. The van der Waals surface area contributed by atoms with Gasteiger partial charge < -0.3 is 15.2 Å². The normalized spacial score (nSPS) is 17.5. The molecule has 0 spiro atoms. The van der Waals surface area contributed by atoms with Gasteiger partial charge in [0, 0.05) is 18.2 Å². The Morgan fingerprint density at radius 2 is 1.67 bits per heavy atom. The smallest absolute Gasteiger partial charge is 0.240 e. The Morgan fingerprint density at radius 1 is 1.08 bits per heavy atom. The van der Waals surface area contributed by atoms with Crippen molar-refractivity contribution in [3.8, 4) is 11.5 Å². The van der Waals surface area contributed by atoms with Crippen LogP contribution in [0.2, 0.25) is 0 Å². The Labute approximate surface area is 150 Å². The largest absolute Gasteiger partial charge is 0.493 e. The molecule has 1 fully saturated rings. The lowest BCUT2D eigenvalue weighted by atomic mass is 9.92. The zero-order valence-corrected chi connectivity index (χ0v) is 15.8. The molecule has 0 aromatic heterocycles. The molecular formula is C16H27ClN2O4S. The zero-order valence-electron chi connectivity index (χ0n) is 14.2. The Bertz CT molecular complexity index is 629. The van der Waals surface area contributed by atoms with Crippen molar-refractivity contribution in [1.82, 2.24) is 4.72 Å². The Hall–Kier alpha value is -1.02. The zero-order chi connectivity index (χ0) is 16.9. The van der Waals surface area contributed by atoms with Crippen LogP contribution in [-0.4, -0.2) is 34.7 Å². The van der Waals surface area contributed by atoms with Crippen LogP contribution in [0.25, 0.3) is 0 Å². The SMILES string of the molecule is COc1ccc(S(=O)(=O)NCC2(N)CCCCCC2)cc1OC.Cl. The molecule has 0 bridgehead atoms. The fourth-order valence-electron chi connectivity index (χ4n) is 2.92. The number of sulfonamides is 1. The molecule has 138 valence electrons. The summed E-state index contributed by atoms with van der Waals surface area (Å²) >= 11 is 0. The van der Waals surface area contributed by atoms with E-state index >= 15 is 0 Å². The maximum Gasteiger partial charge on any atom is 0.240 e. The molecule has 0 radical (unpaired) electrons. The summed E-state index contributed by atoms with van der Waals surface area (Å²) in [6.07, 6.45) is 6.13. The molecule has 3 N–H and O–H groups in total. The van der Waals surface area contributed by atoms with E-state index in [4.69, 9.17) is 15.2 Å². The van der Waals surface area contributed by atoms with Crippen LogP contribution >= 0.6 is 12.4 Å². The second-order valence-electron chi connectivity index (χ2n) is 6.12. The van der Waals surface area contributed by atoms with Crippen LogP contribution < -0.4 is 19.9 Å². The van der Waals surface area contributed by atoms with E-state index in [-0.39, 0.29) is 23.8 Å². The van der Waals surface area contributed by atoms with E-state index in [0.717, 1.165) is 25.7 Å². The van der Waals surface area contributed by atoms with Gasteiger partial charge in [0.1, 0.15) is 0 Å². The summed E-state index contributed by atoms with van der Waals surface area (Å²) in [5.41, 5.74) is 5.92. The molecule has 0 unspecified atom stereocenters. The van der Waals surface area contributed by atoms with Gasteiger partial charge in [-0.2, -0.15) is 0 Å². The van der Waals surface area contributed by atoms with Crippen molar-refractivity contribution in [2.45, 2.75) is 49.0 Å². The minimum absolute atomic E-state index is 0. The summed E-state index contributed by atoms with van der Waals surface area (Å²) in [6.45, 7) is 0.254. The predicted octanol–water partition coefficient (Wildman–Crippen LogP) is 2.46. The number of halogens is 1. The summed E-state index contributed by atoms with van der Waals surface area (Å²) in [7, 11) is -0.650. The average Bonchev–Trinajstić information content (AvgIpc) is 2.77. The third-order valence-electron chi connectivity index (χ3n) is 4.38. The summed E-state index contributed by atoms with van der Waals surface area (Å²) in [5.74, 6) is 0.873. The van der Waals surface area contributed by atoms with Gasteiger partial charge in [-0.05, 0) is 25.0 Å². The minimum Gasteiger partial charge on any atom is -0.493 e. The molecule has 0 atom stereocenters. The third-order valence-corrected chi connectivity index (χ3v) is 5.78. The number of hydrogen-bond acceptors (Lipinski definition) is 5. The fourth-order valence-corrected chi connectivity index (χ4v) is 4.07. The van der Waals surface area contributed by atoms with E-state index in [1.807, 2.05) is 0 Å². The van der Waals surface area contributed by atoms with Gasteiger partial charge in [0.2, 0.25) is 10.0 Å². The molecule has 8 heteroatoms. The van der Waals surface area contributed by atoms with E-state index in [1.54, 1.807) is 6.07 Å². The van der Waals surface area contributed by atoms with Crippen LogP contribution in [0.3, 0.4) is 0 Å². The van der Waals surface area contributed by atoms with Gasteiger partial charge in [-0.1, -0.05) is 25.7 Å². The fraction of sp³-hybridized carbons (Fsp3) is 0.625. The van der Waals surface area contributed by atoms with Crippen molar-refractivity contribution < 1.29 is 17.9 Å². The number of hydrogen-bond donors (Lipinski definition) is 2. The molecule has 2 rings (SSSR count). The lowest BCUT2D eigenvalue weighted by Crippen LogP contribution is -2.49. The highest BCUT2D eigenvalue weighted by Gasteiger charge is 2.28. The second-order valence-corrected chi connectivity index (χ2v) is 7.88. The van der Waals surface area contributed by atoms with Crippen LogP contribution in [0.1, 0.15) is 38.5 Å².